The molecule has 1 aliphatic carbocycles. The number of hydrogen-bond acceptors (Lipinski definition) is 5. The SMILES string of the molecule is COc1ccc(-n2c(-c3ccncc3)nn(CN(Cc3ccc(F)cc3F)C3CC3)c2=S)cc1. The van der Waals surface area contributed by atoms with E-state index < -0.39 is 11.6 Å². The summed E-state index contributed by atoms with van der Waals surface area (Å²) in [7, 11) is 1.62. The number of rotatable bonds is 8. The van der Waals surface area contributed by atoms with E-state index in [-0.39, 0.29) is 0 Å². The van der Waals surface area contributed by atoms with Crippen LogP contribution in [0.1, 0.15) is 18.4 Å². The van der Waals surface area contributed by atoms with Gasteiger partial charge in [0.15, 0.2) is 5.82 Å². The van der Waals surface area contributed by atoms with E-state index in [1.165, 1.54) is 12.1 Å². The van der Waals surface area contributed by atoms with Gasteiger partial charge in [-0.05, 0) is 67.5 Å². The van der Waals surface area contributed by atoms with Gasteiger partial charge in [-0.2, -0.15) is 0 Å². The van der Waals surface area contributed by atoms with Crippen molar-refractivity contribution in [1.29, 1.82) is 0 Å². The lowest BCUT2D eigenvalue weighted by Crippen LogP contribution is -2.29. The van der Waals surface area contributed by atoms with Gasteiger partial charge in [0.25, 0.3) is 0 Å². The van der Waals surface area contributed by atoms with Crippen LogP contribution in [-0.2, 0) is 13.2 Å². The maximum atomic E-state index is 14.4. The summed E-state index contributed by atoms with van der Waals surface area (Å²) in [4.78, 5) is 6.24. The molecule has 0 spiro atoms. The summed E-state index contributed by atoms with van der Waals surface area (Å²) in [5, 5.41) is 4.85. The highest BCUT2D eigenvalue weighted by atomic mass is 32.1. The maximum Gasteiger partial charge on any atom is 0.204 e. The molecule has 9 heteroatoms. The van der Waals surface area contributed by atoms with Crippen LogP contribution < -0.4 is 4.74 Å². The fraction of sp³-hybridized carbons (Fsp3) is 0.240. The molecule has 34 heavy (non-hydrogen) atoms. The monoisotopic (exact) mass is 479 g/mol. The Morgan fingerprint density at radius 2 is 1.79 bits per heavy atom. The van der Waals surface area contributed by atoms with Crippen molar-refractivity contribution in [3.63, 3.8) is 0 Å². The fourth-order valence-corrected chi connectivity index (χ4v) is 4.22. The quantitative estimate of drug-likeness (QED) is 0.318. The van der Waals surface area contributed by atoms with Crippen LogP contribution in [0.5, 0.6) is 5.75 Å². The van der Waals surface area contributed by atoms with Crippen molar-refractivity contribution in [2.75, 3.05) is 7.11 Å². The molecule has 1 saturated carbocycles. The van der Waals surface area contributed by atoms with Crippen LogP contribution in [0.3, 0.4) is 0 Å². The lowest BCUT2D eigenvalue weighted by Gasteiger charge is -2.22. The Bertz CT molecular complexity index is 1350. The summed E-state index contributed by atoms with van der Waals surface area (Å²) >= 11 is 5.86. The topological polar surface area (TPSA) is 48.1 Å². The molecular weight excluding hydrogens is 456 g/mol. The van der Waals surface area contributed by atoms with E-state index in [0.29, 0.717) is 35.4 Å². The molecule has 5 rings (SSSR count). The van der Waals surface area contributed by atoms with Crippen molar-refractivity contribution in [1.82, 2.24) is 24.2 Å². The van der Waals surface area contributed by atoms with Crippen molar-refractivity contribution < 1.29 is 13.5 Å². The highest BCUT2D eigenvalue weighted by molar-refractivity contribution is 7.71. The first-order valence-corrected chi connectivity index (χ1v) is 11.4. The zero-order valence-corrected chi connectivity index (χ0v) is 19.4. The Morgan fingerprint density at radius 1 is 1.06 bits per heavy atom. The summed E-state index contributed by atoms with van der Waals surface area (Å²) in [6.07, 6.45) is 5.46. The van der Waals surface area contributed by atoms with Crippen LogP contribution in [0, 0.1) is 16.4 Å². The van der Waals surface area contributed by atoms with Crippen molar-refractivity contribution in [2.24, 2.45) is 0 Å². The number of benzene rings is 2. The minimum absolute atomic E-state index is 0.307. The lowest BCUT2D eigenvalue weighted by atomic mass is 10.2. The van der Waals surface area contributed by atoms with E-state index in [9.17, 15) is 8.78 Å². The molecule has 4 aromatic rings. The lowest BCUT2D eigenvalue weighted by molar-refractivity contribution is 0.184. The van der Waals surface area contributed by atoms with Crippen LogP contribution in [0.4, 0.5) is 8.78 Å². The van der Waals surface area contributed by atoms with Gasteiger partial charge in [-0.3, -0.25) is 14.5 Å². The number of aromatic nitrogens is 4. The predicted octanol–water partition coefficient (Wildman–Crippen LogP) is 5.37. The van der Waals surface area contributed by atoms with Crippen molar-refractivity contribution in [3.05, 3.63) is 89.0 Å². The first kappa shape index (κ1) is 22.4. The molecule has 0 atom stereocenters. The Labute approximate surface area is 201 Å². The van der Waals surface area contributed by atoms with Crippen LogP contribution in [-0.4, -0.2) is 37.4 Å². The molecular formula is C25H23F2N5OS. The molecule has 0 aliphatic heterocycles. The number of hydrogen-bond donors (Lipinski definition) is 0. The predicted molar refractivity (Wildman–Crippen MR) is 127 cm³/mol. The molecule has 174 valence electrons. The normalized spacial score (nSPS) is 13.4. The zero-order valence-electron chi connectivity index (χ0n) is 18.6. The van der Waals surface area contributed by atoms with Crippen LogP contribution >= 0.6 is 12.2 Å². The standard InChI is InChI=1S/C25H23F2N5OS/c1-33-22-8-6-21(7-9-22)32-24(17-10-12-28-13-11-17)29-31(25(32)34)16-30(20-4-5-20)15-18-2-3-19(26)14-23(18)27/h2-3,6-14,20H,4-5,15-16H2,1H3. The van der Waals surface area contributed by atoms with E-state index in [0.717, 1.165) is 35.9 Å². The third-order valence-electron chi connectivity index (χ3n) is 5.88. The molecule has 1 aliphatic rings. The van der Waals surface area contributed by atoms with Gasteiger partial charge >= 0.3 is 0 Å². The zero-order chi connectivity index (χ0) is 23.7. The first-order chi connectivity index (χ1) is 16.5. The van der Waals surface area contributed by atoms with Gasteiger partial charge in [-0.25, -0.2) is 13.5 Å². The third kappa shape index (κ3) is 4.62. The molecule has 1 fully saturated rings. The molecule has 0 bridgehead atoms. The van der Waals surface area contributed by atoms with Gasteiger partial charge in [0.05, 0.1) is 19.5 Å². The van der Waals surface area contributed by atoms with E-state index in [4.69, 9.17) is 22.1 Å². The highest BCUT2D eigenvalue weighted by Gasteiger charge is 2.30. The summed E-state index contributed by atoms with van der Waals surface area (Å²) in [5.41, 5.74) is 2.17. The second kappa shape index (κ2) is 9.44. The van der Waals surface area contributed by atoms with Crippen molar-refractivity contribution in [3.8, 4) is 22.8 Å². The average Bonchev–Trinajstić information content (AvgIpc) is 3.65. The van der Waals surface area contributed by atoms with Crippen LogP contribution in [0.25, 0.3) is 17.1 Å². The maximum absolute atomic E-state index is 14.4. The summed E-state index contributed by atoms with van der Waals surface area (Å²) in [6.45, 7) is 0.736. The van der Waals surface area contributed by atoms with E-state index in [1.807, 2.05) is 41.0 Å². The van der Waals surface area contributed by atoms with Crippen LogP contribution in [0.2, 0.25) is 0 Å². The smallest absolute Gasteiger partial charge is 0.204 e. The van der Waals surface area contributed by atoms with Gasteiger partial charge in [0.1, 0.15) is 17.4 Å². The second-order valence-corrected chi connectivity index (χ2v) is 8.60. The minimum atomic E-state index is -0.582. The Morgan fingerprint density at radius 3 is 2.44 bits per heavy atom. The molecule has 6 nitrogen and oxygen atoms in total. The molecule has 0 radical (unpaired) electrons. The molecule has 0 unspecified atom stereocenters. The van der Waals surface area contributed by atoms with E-state index in [1.54, 1.807) is 24.2 Å². The Balaban J connectivity index is 1.53. The van der Waals surface area contributed by atoms with E-state index in [2.05, 4.69) is 9.88 Å². The molecule has 2 aromatic carbocycles. The largest absolute Gasteiger partial charge is 0.497 e. The van der Waals surface area contributed by atoms with Crippen molar-refractivity contribution >= 4 is 12.2 Å². The van der Waals surface area contributed by atoms with Crippen molar-refractivity contribution in [2.45, 2.75) is 32.1 Å². The highest BCUT2D eigenvalue weighted by Crippen LogP contribution is 2.30. The van der Waals surface area contributed by atoms with Gasteiger partial charge in [-0.1, -0.05) is 6.07 Å². The first-order valence-electron chi connectivity index (χ1n) is 11.0. The Kier molecular flexibility index (Phi) is 6.21. The van der Waals surface area contributed by atoms with Gasteiger partial charge in [0.2, 0.25) is 4.77 Å². The number of pyridine rings is 1. The third-order valence-corrected chi connectivity index (χ3v) is 6.27. The summed E-state index contributed by atoms with van der Waals surface area (Å²) in [5.74, 6) is 0.299. The van der Waals surface area contributed by atoms with E-state index >= 15 is 0 Å². The van der Waals surface area contributed by atoms with Gasteiger partial charge in [0, 0.05) is 42.2 Å². The number of methoxy groups -OCH3 is 1. The summed E-state index contributed by atoms with van der Waals surface area (Å²) < 4.78 is 37.2. The fourth-order valence-electron chi connectivity index (χ4n) is 3.93. The summed E-state index contributed by atoms with van der Waals surface area (Å²) in [6, 6.07) is 15.4. The molecule has 0 amide bonds. The number of nitrogens with zero attached hydrogens (tertiary/aromatic N) is 5. The molecule has 2 aromatic heterocycles. The second-order valence-electron chi connectivity index (χ2n) is 8.23. The minimum Gasteiger partial charge on any atom is -0.497 e. The number of halogens is 2. The van der Waals surface area contributed by atoms with Gasteiger partial charge in [-0.15, -0.1) is 5.10 Å². The number of ether oxygens (including phenoxy) is 1. The molecule has 0 saturated heterocycles. The average molecular weight is 480 g/mol. The Hall–Kier alpha value is -3.43. The molecule has 2 heterocycles. The molecule has 0 N–H and O–H groups in total. The van der Waals surface area contributed by atoms with Gasteiger partial charge < -0.3 is 4.74 Å². The van der Waals surface area contributed by atoms with Crippen LogP contribution in [0.15, 0.2) is 67.0 Å².